The smallest absolute Gasteiger partial charge is 0.266 e. The minimum atomic E-state index is -0.441. The van der Waals surface area contributed by atoms with Crippen LogP contribution in [0.2, 0.25) is 0 Å². The van der Waals surface area contributed by atoms with Crippen molar-refractivity contribution in [2.45, 2.75) is 6.92 Å². The van der Waals surface area contributed by atoms with Crippen LogP contribution in [0.15, 0.2) is 54.1 Å². The normalized spacial score (nSPS) is 10.7. The molecule has 0 unspecified atom stereocenters. The number of benzene rings is 2. The SMILES string of the molecule is CCOc1ccc(NC(=O)/C(C#N)=C\c2ccc(N(C)C)cc2)cc1. The third-order valence-corrected chi connectivity index (χ3v) is 3.51. The van der Waals surface area contributed by atoms with E-state index in [9.17, 15) is 10.1 Å². The van der Waals surface area contributed by atoms with Gasteiger partial charge in [0, 0.05) is 25.5 Å². The van der Waals surface area contributed by atoms with E-state index < -0.39 is 5.91 Å². The molecule has 0 aliphatic carbocycles. The van der Waals surface area contributed by atoms with Crippen LogP contribution in [-0.2, 0) is 4.79 Å². The zero-order chi connectivity index (χ0) is 18.2. The van der Waals surface area contributed by atoms with E-state index in [1.807, 2.05) is 56.3 Å². The maximum absolute atomic E-state index is 12.3. The lowest BCUT2D eigenvalue weighted by molar-refractivity contribution is -0.112. The van der Waals surface area contributed by atoms with Gasteiger partial charge in [-0.1, -0.05) is 12.1 Å². The van der Waals surface area contributed by atoms with E-state index in [2.05, 4.69) is 5.32 Å². The van der Waals surface area contributed by atoms with Crippen molar-refractivity contribution < 1.29 is 9.53 Å². The average molecular weight is 335 g/mol. The summed E-state index contributed by atoms with van der Waals surface area (Å²) in [5, 5.41) is 12.0. The Kier molecular flexibility index (Phi) is 6.19. The zero-order valence-corrected chi connectivity index (χ0v) is 14.6. The van der Waals surface area contributed by atoms with Crippen molar-refractivity contribution in [2.24, 2.45) is 0 Å². The van der Waals surface area contributed by atoms with Crippen LogP contribution in [0.4, 0.5) is 11.4 Å². The number of anilines is 2. The van der Waals surface area contributed by atoms with Crippen LogP contribution in [0.3, 0.4) is 0 Å². The molecule has 0 radical (unpaired) electrons. The highest BCUT2D eigenvalue weighted by Crippen LogP contribution is 2.18. The van der Waals surface area contributed by atoms with Crippen molar-refractivity contribution in [1.29, 1.82) is 5.26 Å². The Labute approximate surface area is 148 Å². The molecule has 0 spiro atoms. The molecule has 25 heavy (non-hydrogen) atoms. The summed E-state index contributed by atoms with van der Waals surface area (Å²) in [6, 6.07) is 16.6. The molecule has 0 aliphatic heterocycles. The number of hydrogen-bond acceptors (Lipinski definition) is 4. The molecule has 0 saturated heterocycles. The fourth-order valence-electron chi connectivity index (χ4n) is 2.18. The number of rotatable bonds is 6. The lowest BCUT2D eigenvalue weighted by atomic mass is 10.1. The Morgan fingerprint density at radius 1 is 1.16 bits per heavy atom. The molecule has 5 heteroatoms. The van der Waals surface area contributed by atoms with Crippen LogP contribution >= 0.6 is 0 Å². The minimum absolute atomic E-state index is 0.0477. The number of carbonyl (C=O) groups excluding carboxylic acids is 1. The quantitative estimate of drug-likeness (QED) is 0.646. The highest BCUT2D eigenvalue weighted by Gasteiger charge is 2.09. The van der Waals surface area contributed by atoms with E-state index in [1.54, 1.807) is 30.3 Å². The molecule has 0 fully saturated rings. The van der Waals surface area contributed by atoms with Crippen LogP contribution < -0.4 is 15.0 Å². The number of hydrogen-bond donors (Lipinski definition) is 1. The maximum atomic E-state index is 12.3. The second-order valence-electron chi connectivity index (χ2n) is 5.57. The molecule has 0 aliphatic rings. The first-order chi connectivity index (χ1) is 12.0. The second-order valence-corrected chi connectivity index (χ2v) is 5.57. The number of nitriles is 1. The Morgan fingerprint density at radius 2 is 1.80 bits per heavy atom. The van der Waals surface area contributed by atoms with Gasteiger partial charge in [-0.05, 0) is 55.0 Å². The van der Waals surface area contributed by atoms with Gasteiger partial charge in [-0.25, -0.2) is 0 Å². The van der Waals surface area contributed by atoms with Gasteiger partial charge in [0.2, 0.25) is 0 Å². The summed E-state index contributed by atoms with van der Waals surface area (Å²) in [5.74, 6) is 0.292. The van der Waals surface area contributed by atoms with E-state index in [-0.39, 0.29) is 5.57 Å². The number of ether oxygens (including phenoxy) is 1. The van der Waals surface area contributed by atoms with Gasteiger partial charge in [0.1, 0.15) is 17.4 Å². The topological polar surface area (TPSA) is 65.4 Å². The molecule has 2 aromatic rings. The van der Waals surface area contributed by atoms with Crippen molar-refractivity contribution in [3.8, 4) is 11.8 Å². The number of nitrogens with one attached hydrogen (secondary N) is 1. The van der Waals surface area contributed by atoms with Gasteiger partial charge in [0.05, 0.1) is 6.61 Å². The van der Waals surface area contributed by atoms with Gasteiger partial charge in [-0.3, -0.25) is 4.79 Å². The molecule has 5 nitrogen and oxygen atoms in total. The molecule has 0 saturated carbocycles. The van der Waals surface area contributed by atoms with Gasteiger partial charge in [0.25, 0.3) is 5.91 Å². The second kappa shape index (κ2) is 8.55. The first-order valence-electron chi connectivity index (χ1n) is 7.97. The molecular weight excluding hydrogens is 314 g/mol. The average Bonchev–Trinajstić information content (AvgIpc) is 2.62. The van der Waals surface area contributed by atoms with Gasteiger partial charge >= 0.3 is 0 Å². The lowest BCUT2D eigenvalue weighted by Crippen LogP contribution is -2.13. The Morgan fingerprint density at radius 3 is 2.32 bits per heavy atom. The monoisotopic (exact) mass is 335 g/mol. The summed E-state index contributed by atoms with van der Waals surface area (Å²) in [4.78, 5) is 14.3. The van der Waals surface area contributed by atoms with E-state index in [0.717, 1.165) is 17.0 Å². The van der Waals surface area contributed by atoms with Gasteiger partial charge in [-0.15, -0.1) is 0 Å². The zero-order valence-electron chi connectivity index (χ0n) is 14.6. The first kappa shape index (κ1) is 18.1. The van der Waals surface area contributed by atoms with Crippen LogP contribution in [-0.4, -0.2) is 26.6 Å². The maximum Gasteiger partial charge on any atom is 0.266 e. The fraction of sp³-hybridized carbons (Fsp3) is 0.200. The van der Waals surface area contributed by atoms with E-state index in [1.165, 1.54) is 0 Å². The molecule has 2 rings (SSSR count). The predicted octanol–water partition coefficient (Wildman–Crippen LogP) is 3.70. The number of carbonyl (C=O) groups is 1. The largest absolute Gasteiger partial charge is 0.494 e. The summed E-state index contributed by atoms with van der Waals surface area (Å²) >= 11 is 0. The summed E-state index contributed by atoms with van der Waals surface area (Å²) < 4.78 is 5.36. The summed E-state index contributed by atoms with van der Waals surface area (Å²) in [6.45, 7) is 2.49. The van der Waals surface area contributed by atoms with Gasteiger partial charge < -0.3 is 15.0 Å². The summed E-state index contributed by atoms with van der Waals surface area (Å²) in [5.41, 5.74) is 2.50. The fourth-order valence-corrected chi connectivity index (χ4v) is 2.18. The molecule has 128 valence electrons. The highest BCUT2D eigenvalue weighted by molar-refractivity contribution is 6.09. The van der Waals surface area contributed by atoms with Crippen LogP contribution in [0.5, 0.6) is 5.75 Å². The Balaban J connectivity index is 2.11. The van der Waals surface area contributed by atoms with Crippen molar-refractivity contribution in [1.82, 2.24) is 0 Å². The molecule has 0 aromatic heterocycles. The van der Waals surface area contributed by atoms with E-state index in [0.29, 0.717) is 12.3 Å². The molecule has 1 N–H and O–H groups in total. The molecule has 1 amide bonds. The predicted molar refractivity (Wildman–Crippen MR) is 101 cm³/mol. The van der Waals surface area contributed by atoms with Crippen molar-refractivity contribution >= 4 is 23.4 Å². The first-order valence-corrected chi connectivity index (χ1v) is 7.97. The third kappa shape index (κ3) is 5.11. The summed E-state index contributed by atoms with van der Waals surface area (Å²) in [6.07, 6.45) is 1.57. The standard InChI is InChI=1S/C20H21N3O2/c1-4-25-19-11-7-17(8-12-19)22-20(24)16(14-21)13-15-5-9-18(10-6-15)23(2)3/h5-13H,4H2,1-3H3,(H,22,24)/b16-13-. The van der Waals surface area contributed by atoms with E-state index >= 15 is 0 Å². The van der Waals surface area contributed by atoms with Crippen LogP contribution in [0.1, 0.15) is 12.5 Å². The molecule has 0 atom stereocenters. The van der Waals surface area contributed by atoms with Gasteiger partial charge in [0.15, 0.2) is 0 Å². The molecule has 0 bridgehead atoms. The van der Waals surface area contributed by atoms with Crippen molar-refractivity contribution in [3.05, 3.63) is 59.7 Å². The highest BCUT2D eigenvalue weighted by atomic mass is 16.5. The van der Waals surface area contributed by atoms with Crippen molar-refractivity contribution in [3.63, 3.8) is 0 Å². The van der Waals surface area contributed by atoms with Crippen LogP contribution in [0.25, 0.3) is 6.08 Å². The third-order valence-electron chi connectivity index (χ3n) is 3.51. The number of nitrogens with zero attached hydrogens (tertiary/aromatic N) is 2. The van der Waals surface area contributed by atoms with Crippen LogP contribution in [0, 0.1) is 11.3 Å². The molecular formula is C20H21N3O2. The minimum Gasteiger partial charge on any atom is -0.494 e. The lowest BCUT2D eigenvalue weighted by Gasteiger charge is -2.12. The van der Waals surface area contributed by atoms with E-state index in [4.69, 9.17) is 4.74 Å². The Bertz CT molecular complexity index is 785. The number of amides is 1. The molecule has 2 aromatic carbocycles. The van der Waals surface area contributed by atoms with Gasteiger partial charge in [-0.2, -0.15) is 5.26 Å². The molecule has 0 heterocycles. The summed E-state index contributed by atoms with van der Waals surface area (Å²) in [7, 11) is 3.91. The Hall–Kier alpha value is -3.26. The van der Waals surface area contributed by atoms with Crippen molar-refractivity contribution in [2.75, 3.05) is 30.9 Å².